The highest BCUT2D eigenvalue weighted by molar-refractivity contribution is 6.42. The third-order valence-corrected chi connectivity index (χ3v) is 3.69. The number of oxazole rings is 1. The fraction of sp³-hybridized carbons (Fsp3) is 0.0667. The molecule has 21 heavy (non-hydrogen) atoms. The number of amides is 1. The summed E-state index contributed by atoms with van der Waals surface area (Å²) < 4.78 is 5.51. The molecule has 1 aromatic heterocycles. The van der Waals surface area contributed by atoms with Crippen molar-refractivity contribution in [2.24, 2.45) is 0 Å². The van der Waals surface area contributed by atoms with Gasteiger partial charge in [0, 0.05) is 12.5 Å². The van der Waals surface area contributed by atoms with E-state index in [0.717, 1.165) is 0 Å². The maximum Gasteiger partial charge on any atom is 0.255 e. The summed E-state index contributed by atoms with van der Waals surface area (Å²) in [5.41, 5.74) is 2.21. The second-order valence-corrected chi connectivity index (χ2v) is 5.28. The second-order valence-electron chi connectivity index (χ2n) is 4.47. The van der Waals surface area contributed by atoms with Crippen LogP contribution in [-0.4, -0.2) is 10.9 Å². The van der Waals surface area contributed by atoms with Crippen molar-refractivity contribution in [3.63, 3.8) is 0 Å². The Balaban J connectivity index is 1.94. The van der Waals surface area contributed by atoms with Crippen LogP contribution >= 0.6 is 23.2 Å². The standard InChI is InChI=1S/C15H10Cl2N2O2/c1-8-18-12-3-2-4-13(14(12)21-8)19-15(20)9-5-6-10(16)11(17)7-9/h2-7H,1H3,(H,19,20). The van der Waals surface area contributed by atoms with Crippen LogP contribution in [0.3, 0.4) is 0 Å². The lowest BCUT2D eigenvalue weighted by Crippen LogP contribution is -2.11. The van der Waals surface area contributed by atoms with Crippen LogP contribution in [0, 0.1) is 6.92 Å². The van der Waals surface area contributed by atoms with Crippen molar-refractivity contribution in [3.05, 3.63) is 57.9 Å². The van der Waals surface area contributed by atoms with E-state index in [-0.39, 0.29) is 5.91 Å². The molecule has 0 spiro atoms. The van der Waals surface area contributed by atoms with Gasteiger partial charge in [-0.3, -0.25) is 4.79 Å². The smallest absolute Gasteiger partial charge is 0.255 e. The first-order chi connectivity index (χ1) is 10.0. The van der Waals surface area contributed by atoms with E-state index < -0.39 is 0 Å². The van der Waals surface area contributed by atoms with E-state index >= 15 is 0 Å². The van der Waals surface area contributed by atoms with E-state index in [1.165, 1.54) is 6.07 Å². The van der Waals surface area contributed by atoms with Gasteiger partial charge in [-0.1, -0.05) is 29.3 Å². The summed E-state index contributed by atoms with van der Waals surface area (Å²) in [6.45, 7) is 1.75. The van der Waals surface area contributed by atoms with Gasteiger partial charge in [-0.2, -0.15) is 0 Å². The third kappa shape index (κ3) is 2.73. The summed E-state index contributed by atoms with van der Waals surface area (Å²) in [5.74, 6) is 0.247. The summed E-state index contributed by atoms with van der Waals surface area (Å²) in [6, 6.07) is 10.1. The molecule has 2 aromatic carbocycles. The number of carbonyl (C=O) groups excluding carboxylic acids is 1. The number of nitrogens with one attached hydrogen (secondary N) is 1. The van der Waals surface area contributed by atoms with E-state index in [4.69, 9.17) is 27.6 Å². The molecular weight excluding hydrogens is 311 g/mol. The Morgan fingerprint density at radius 1 is 1.19 bits per heavy atom. The highest BCUT2D eigenvalue weighted by atomic mass is 35.5. The van der Waals surface area contributed by atoms with Gasteiger partial charge in [-0.15, -0.1) is 0 Å². The average Bonchev–Trinajstić information content (AvgIpc) is 2.83. The first kappa shape index (κ1) is 13.9. The first-order valence-corrected chi connectivity index (χ1v) is 6.93. The predicted octanol–water partition coefficient (Wildman–Crippen LogP) is 4.70. The summed E-state index contributed by atoms with van der Waals surface area (Å²) in [7, 11) is 0. The largest absolute Gasteiger partial charge is 0.439 e. The van der Waals surface area contributed by atoms with Crippen LogP contribution in [0.2, 0.25) is 10.0 Å². The molecule has 0 radical (unpaired) electrons. The normalized spacial score (nSPS) is 10.8. The molecule has 0 unspecified atom stereocenters. The minimum absolute atomic E-state index is 0.296. The number of rotatable bonds is 2. The van der Waals surface area contributed by atoms with E-state index in [0.29, 0.717) is 38.3 Å². The van der Waals surface area contributed by atoms with Gasteiger partial charge in [0.25, 0.3) is 5.91 Å². The number of halogens is 2. The lowest BCUT2D eigenvalue weighted by molar-refractivity contribution is 0.102. The number of carbonyl (C=O) groups is 1. The molecular formula is C15H10Cl2N2O2. The number of nitrogens with zero attached hydrogens (tertiary/aromatic N) is 1. The molecule has 0 fully saturated rings. The van der Waals surface area contributed by atoms with Gasteiger partial charge in [0.15, 0.2) is 11.5 Å². The fourth-order valence-corrected chi connectivity index (χ4v) is 2.29. The van der Waals surface area contributed by atoms with Crippen molar-refractivity contribution in [3.8, 4) is 0 Å². The van der Waals surface area contributed by atoms with Crippen LogP contribution in [0.15, 0.2) is 40.8 Å². The van der Waals surface area contributed by atoms with Crippen molar-refractivity contribution in [1.29, 1.82) is 0 Å². The summed E-state index contributed by atoms with van der Waals surface area (Å²) in [4.78, 5) is 16.5. The molecule has 0 saturated carbocycles. The van der Waals surface area contributed by atoms with Crippen LogP contribution < -0.4 is 5.32 Å². The zero-order valence-corrected chi connectivity index (χ0v) is 12.5. The number of fused-ring (bicyclic) bond motifs is 1. The topological polar surface area (TPSA) is 55.1 Å². The van der Waals surface area contributed by atoms with Gasteiger partial charge >= 0.3 is 0 Å². The van der Waals surface area contributed by atoms with Crippen LogP contribution in [0.1, 0.15) is 16.2 Å². The number of hydrogen-bond acceptors (Lipinski definition) is 3. The molecule has 3 rings (SSSR count). The number of anilines is 1. The number of hydrogen-bond donors (Lipinski definition) is 1. The van der Waals surface area contributed by atoms with Gasteiger partial charge in [-0.25, -0.2) is 4.98 Å². The Hall–Kier alpha value is -2.04. The van der Waals surface area contributed by atoms with E-state index in [9.17, 15) is 4.79 Å². The molecule has 0 bridgehead atoms. The zero-order valence-electron chi connectivity index (χ0n) is 11.0. The molecule has 0 saturated heterocycles. The highest BCUT2D eigenvalue weighted by Gasteiger charge is 2.12. The fourth-order valence-electron chi connectivity index (χ4n) is 1.99. The van der Waals surface area contributed by atoms with E-state index in [2.05, 4.69) is 10.3 Å². The van der Waals surface area contributed by atoms with Crippen LogP contribution in [0.4, 0.5) is 5.69 Å². The monoisotopic (exact) mass is 320 g/mol. The zero-order chi connectivity index (χ0) is 15.0. The molecule has 3 aromatic rings. The van der Waals surface area contributed by atoms with Crippen molar-refractivity contribution in [2.45, 2.75) is 6.92 Å². The Morgan fingerprint density at radius 2 is 2.00 bits per heavy atom. The SMILES string of the molecule is Cc1nc2cccc(NC(=O)c3ccc(Cl)c(Cl)c3)c2o1. The Labute approximate surface area is 130 Å². The van der Waals surface area contributed by atoms with Crippen LogP contribution in [-0.2, 0) is 0 Å². The predicted molar refractivity (Wildman–Crippen MR) is 83.2 cm³/mol. The van der Waals surface area contributed by atoms with Gasteiger partial charge in [0.1, 0.15) is 5.52 Å². The van der Waals surface area contributed by atoms with Gasteiger partial charge in [0.05, 0.1) is 15.7 Å². The molecule has 4 nitrogen and oxygen atoms in total. The number of aromatic nitrogens is 1. The number of aryl methyl sites for hydroxylation is 1. The minimum atomic E-state index is -0.296. The van der Waals surface area contributed by atoms with E-state index in [1.807, 2.05) is 6.07 Å². The Bertz CT molecular complexity index is 843. The molecule has 0 aliphatic heterocycles. The number of benzene rings is 2. The third-order valence-electron chi connectivity index (χ3n) is 2.95. The summed E-state index contributed by atoms with van der Waals surface area (Å²) in [5, 5.41) is 3.52. The average molecular weight is 321 g/mol. The lowest BCUT2D eigenvalue weighted by Gasteiger charge is -2.06. The molecule has 0 atom stereocenters. The van der Waals surface area contributed by atoms with Crippen molar-refractivity contribution in [2.75, 3.05) is 5.32 Å². The van der Waals surface area contributed by atoms with Crippen LogP contribution in [0.25, 0.3) is 11.1 Å². The number of para-hydroxylation sites is 1. The lowest BCUT2D eigenvalue weighted by atomic mass is 10.2. The first-order valence-electron chi connectivity index (χ1n) is 6.17. The Kier molecular flexibility index (Phi) is 3.57. The van der Waals surface area contributed by atoms with E-state index in [1.54, 1.807) is 31.2 Å². The van der Waals surface area contributed by atoms with Gasteiger partial charge < -0.3 is 9.73 Å². The maximum atomic E-state index is 12.3. The van der Waals surface area contributed by atoms with Gasteiger partial charge in [0.2, 0.25) is 0 Å². The minimum Gasteiger partial charge on any atom is -0.439 e. The molecule has 6 heteroatoms. The summed E-state index contributed by atoms with van der Waals surface area (Å²) in [6.07, 6.45) is 0. The molecule has 0 aliphatic rings. The van der Waals surface area contributed by atoms with Gasteiger partial charge in [-0.05, 0) is 30.3 Å². The van der Waals surface area contributed by atoms with Crippen molar-refractivity contribution in [1.82, 2.24) is 4.98 Å². The van der Waals surface area contributed by atoms with Crippen LogP contribution in [0.5, 0.6) is 0 Å². The quantitative estimate of drug-likeness (QED) is 0.744. The Morgan fingerprint density at radius 3 is 2.76 bits per heavy atom. The molecule has 1 amide bonds. The maximum absolute atomic E-state index is 12.3. The highest BCUT2D eigenvalue weighted by Crippen LogP contribution is 2.26. The summed E-state index contributed by atoms with van der Waals surface area (Å²) >= 11 is 11.8. The molecule has 0 aliphatic carbocycles. The van der Waals surface area contributed by atoms with Crippen molar-refractivity contribution >= 4 is 45.9 Å². The molecule has 106 valence electrons. The second kappa shape index (κ2) is 5.39. The molecule has 1 heterocycles. The molecule has 1 N–H and O–H groups in total. The van der Waals surface area contributed by atoms with Crippen molar-refractivity contribution < 1.29 is 9.21 Å².